The fraction of sp³-hybridized carbons (Fsp3) is 0.647. The lowest BCUT2D eigenvalue weighted by Crippen LogP contribution is -2.21. The maximum atomic E-state index is 5.38. The molecule has 3 nitrogen and oxygen atoms in total. The Kier molecular flexibility index (Phi) is 5.16. The minimum Gasteiger partial charge on any atom is -0.493 e. The Bertz CT molecular complexity index is 445. The van der Waals surface area contributed by atoms with Crippen LogP contribution in [0.1, 0.15) is 38.2 Å². The lowest BCUT2D eigenvalue weighted by Gasteiger charge is -2.27. The topological polar surface area (TPSA) is 30.5 Å². The van der Waals surface area contributed by atoms with E-state index < -0.39 is 0 Å². The molecule has 1 aromatic carbocycles. The van der Waals surface area contributed by atoms with Gasteiger partial charge in [-0.25, -0.2) is 0 Å². The average molecular weight is 277 g/mol. The molecule has 1 fully saturated rings. The summed E-state index contributed by atoms with van der Waals surface area (Å²) in [7, 11) is 3.35. The highest BCUT2D eigenvalue weighted by Crippen LogP contribution is 2.34. The molecular formula is C17H27NO2. The van der Waals surface area contributed by atoms with Gasteiger partial charge in [0.2, 0.25) is 0 Å². The largest absolute Gasteiger partial charge is 0.493 e. The number of ether oxygens (including phenoxy) is 2. The van der Waals surface area contributed by atoms with E-state index in [1.165, 1.54) is 31.2 Å². The second kappa shape index (κ2) is 6.87. The number of hydrogen-bond acceptors (Lipinski definition) is 3. The van der Waals surface area contributed by atoms with Crippen molar-refractivity contribution in [1.82, 2.24) is 0 Å². The zero-order valence-electron chi connectivity index (χ0n) is 13.2. The van der Waals surface area contributed by atoms with E-state index in [1.54, 1.807) is 14.2 Å². The van der Waals surface area contributed by atoms with Crippen LogP contribution in [0.3, 0.4) is 0 Å². The van der Waals surface area contributed by atoms with E-state index in [4.69, 9.17) is 9.47 Å². The van der Waals surface area contributed by atoms with Gasteiger partial charge in [0.25, 0.3) is 0 Å². The predicted octanol–water partition coefficient (Wildman–Crippen LogP) is 4.25. The van der Waals surface area contributed by atoms with E-state index in [-0.39, 0.29) is 0 Å². The van der Waals surface area contributed by atoms with Crippen LogP contribution in [0.4, 0.5) is 5.69 Å². The second-order valence-corrected chi connectivity index (χ2v) is 6.04. The third-order valence-corrected chi connectivity index (χ3v) is 4.36. The van der Waals surface area contributed by atoms with Gasteiger partial charge in [0, 0.05) is 18.3 Å². The van der Waals surface area contributed by atoms with Crippen LogP contribution in [0.15, 0.2) is 12.1 Å². The fourth-order valence-corrected chi connectivity index (χ4v) is 3.17. The molecular weight excluding hydrogens is 250 g/mol. The molecule has 2 rings (SSSR count). The van der Waals surface area contributed by atoms with E-state index in [2.05, 4.69) is 19.2 Å². The summed E-state index contributed by atoms with van der Waals surface area (Å²) in [5.74, 6) is 3.26. The van der Waals surface area contributed by atoms with Crippen molar-refractivity contribution in [1.29, 1.82) is 0 Å². The molecule has 0 radical (unpaired) electrons. The molecule has 0 spiro atoms. The van der Waals surface area contributed by atoms with Crippen molar-refractivity contribution in [3.63, 3.8) is 0 Å². The molecule has 112 valence electrons. The van der Waals surface area contributed by atoms with E-state index in [1.807, 2.05) is 12.1 Å². The van der Waals surface area contributed by atoms with Crippen LogP contribution in [0.2, 0.25) is 0 Å². The Morgan fingerprint density at radius 2 is 1.85 bits per heavy atom. The average Bonchev–Trinajstić information content (AvgIpc) is 2.45. The Hall–Kier alpha value is -1.38. The third kappa shape index (κ3) is 3.59. The van der Waals surface area contributed by atoms with Crippen molar-refractivity contribution < 1.29 is 9.47 Å². The maximum Gasteiger partial charge on any atom is 0.162 e. The predicted molar refractivity (Wildman–Crippen MR) is 83.9 cm³/mol. The van der Waals surface area contributed by atoms with Gasteiger partial charge < -0.3 is 14.8 Å². The Balaban J connectivity index is 2.01. The van der Waals surface area contributed by atoms with Gasteiger partial charge in [-0.2, -0.15) is 0 Å². The summed E-state index contributed by atoms with van der Waals surface area (Å²) in [6.07, 6.45) is 5.47. The van der Waals surface area contributed by atoms with Gasteiger partial charge in [-0.15, -0.1) is 0 Å². The highest BCUT2D eigenvalue weighted by Gasteiger charge is 2.19. The van der Waals surface area contributed by atoms with Crippen LogP contribution in [0.25, 0.3) is 0 Å². The van der Waals surface area contributed by atoms with Crippen LogP contribution in [0, 0.1) is 18.8 Å². The first-order valence-corrected chi connectivity index (χ1v) is 7.60. The number of rotatable bonds is 5. The summed E-state index contributed by atoms with van der Waals surface area (Å²) in [5.41, 5.74) is 2.35. The molecule has 3 heteroatoms. The molecule has 1 saturated carbocycles. The molecule has 1 N–H and O–H groups in total. The van der Waals surface area contributed by atoms with Crippen molar-refractivity contribution in [2.75, 3.05) is 26.1 Å². The van der Waals surface area contributed by atoms with Gasteiger partial charge in [-0.05, 0) is 43.2 Å². The molecule has 1 aliphatic rings. The van der Waals surface area contributed by atoms with Crippen LogP contribution < -0.4 is 14.8 Å². The zero-order valence-corrected chi connectivity index (χ0v) is 13.2. The number of nitrogens with one attached hydrogen (secondary N) is 1. The number of anilines is 1. The lowest BCUT2D eigenvalue weighted by atomic mass is 9.82. The molecule has 0 amide bonds. The maximum absolute atomic E-state index is 5.38. The summed E-state index contributed by atoms with van der Waals surface area (Å²) in [6.45, 7) is 5.53. The van der Waals surface area contributed by atoms with Crippen molar-refractivity contribution in [2.24, 2.45) is 11.8 Å². The van der Waals surface area contributed by atoms with Crippen LogP contribution >= 0.6 is 0 Å². The first-order chi connectivity index (χ1) is 9.63. The first-order valence-electron chi connectivity index (χ1n) is 7.60. The number of hydrogen-bond donors (Lipinski definition) is 1. The summed E-state index contributed by atoms with van der Waals surface area (Å²) < 4.78 is 10.7. The molecule has 2 atom stereocenters. The molecule has 20 heavy (non-hydrogen) atoms. The smallest absolute Gasteiger partial charge is 0.162 e. The first kappa shape index (κ1) is 15.0. The molecule has 0 aliphatic heterocycles. The SMILES string of the molecule is COc1cc(C)c(NCC2CCCC(C)C2)cc1OC. The molecule has 1 aliphatic carbocycles. The molecule has 0 heterocycles. The lowest BCUT2D eigenvalue weighted by molar-refractivity contribution is 0.293. The quantitative estimate of drug-likeness (QED) is 0.872. The van der Waals surface area contributed by atoms with E-state index in [0.717, 1.165) is 35.6 Å². The molecule has 2 unspecified atom stereocenters. The Labute approximate surface area is 122 Å². The van der Waals surface area contributed by atoms with E-state index in [9.17, 15) is 0 Å². The van der Waals surface area contributed by atoms with Crippen molar-refractivity contribution in [2.45, 2.75) is 39.5 Å². The number of methoxy groups -OCH3 is 2. The summed E-state index contributed by atoms with van der Waals surface area (Å²) in [6, 6.07) is 4.07. The van der Waals surface area contributed by atoms with Gasteiger partial charge in [0.05, 0.1) is 14.2 Å². The summed E-state index contributed by atoms with van der Waals surface area (Å²) in [4.78, 5) is 0. The monoisotopic (exact) mass is 277 g/mol. The fourth-order valence-electron chi connectivity index (χ4n) is 3.17. The van der Waals surface area contributed by atoms with Gasteiger partial charge >= 0.3 is 0 Å². The third-order valence-electron chi connectivity index (χ3n) is 4.36. The molecule has 0 bridgehead atoms. The minimum atomic E-state index is 0.789. The van der Waals surface area contributed by atoms with Gasteiger partial charge in [0.15, 0.2) is 11.5 Å². The Morgan fingerprint density at radius 1 is 1.15 bits per heavy atom. The van der Waals surface area contributed by atoms with Crippen molar-refractivity contribution >= 4 is 5.69 Å². The van der Waals surface area contributed by atoms with Crippen LogP contribution in [-0.4, -0.2) is 20.8 Å². The zero-order chi connectivity index (χ0) is 14.5. The van der Waals surface area contributed by atoms with E-state index >= 15 is 0 Å². The van der Waals surface area contributed by atoms with Crippen molar-refractivity contribution in [3.05, 3.63) is 17.7 Å². The Morgan fingerprint density at radius 3 is 2.50 bits per heavy atom. The van der Waals surface area contributed by atoms with Crippen LogP contribution in [-0.2, 0) is 0 Å². The van der Waals surface area contributed by atoms with E-state index in [0.29, 0.717) is 0 Å². The highest BCUT2D eigenvalue weighted by molar-refractivity contribution is 5.60. The minimum absolute atomic E-state index is 0.789. The normalized spacial score (nSPS) is 22.4. The van der Waals surface area contributed by atoms with Gasteiger partial charge in [-0.1, -0.05) is 19.8 Å². The highest BCUT2D eigenvalue weighted by atomic mass is 16.5. The summed E-state index contributed by atoms with van der Waals surface area (Å²) in [5, 5.41) is 3.59. The number of benzene rings is 1. The van der Waals surface area contributed by atoms with Crippen molar-refractivity contribution in [3.8, 4) is 11.5 Å². The molecule has 0 aromatic heterocycles. The van der Waals surface area contributed by atoms with Crippen LogP contribution in [0.5, 0.6) is 11.5 Å². The second-order valence-electron chi connectivity index (χ2n) is 6.04. The van der Waals surface area contributed by atoms with Gasteiger partial charge in [-0.3, -0.25) is 0 Å². The summed E-state index contributed by atoms with van der Waals surface area (Å²) >= 11 is 0. The molecule has 0 saturated heterocycles. The van der Waals surface area contributed by atoms with Gasteiger partial charge in [0.1, 0.15) is 0 Å². The number of aryl methyl sites for hydroxylation is 1. The standard InChI is InChI=1S/C17H27NO2/c1-12-6-5-7-14(8-12)11-18-15-10-17(20-4)16(19-3)9-13(15)2/h9-10,12,14,18H,5-8,11H2,1-4H3. The molecule has 1 aromatic rings.